The van der Waals surface area contributed by atoms with E-state index in [-0.39, 0.29) is 18.4 Å². The SMILES string of the molecule is CCCN(CCC)C(=O)c1cccc(NCC(=O)Nc2ccc(Cl)cc2Cl)c1. The molecule has 0 bridgehead atoms. The Morgan fingerprint density at radius 1 is 1.00 bits per heavy atom. The van der Waals surface area contributed by atoms with Crippen LogP contribution < -0.4 is 10.6 Å². The minimum atomic E-state index is -0.250. The lowest BCUT2D eigenvalue weighted by atomic mass is 10.1. The molecule has 7 heteroatoms. The molecule has 0 saturated carbocycles. The highest BCUT2D eigenvalue weighted by atomic mass is 35.5. The summed E-state index contributed by atoms with van der Waals surface area (Å²) in [5.74, 6) is -0.246. The van der Waals surface area contributed by atoms with Crippen molar-refractivity contribution in [3.05, 3.63) is 58.1 Å². The lowest BCUT2D eigenvalue weighted by molar-refractivity contribution is -0.114. The van der Waals surface area contributed by atoms with E-state index in [9.17, 15) is 9.59 Å². The molecule has 0 spiro atoms. The molecular formula is C21H25Cl2N3O2. The molecule has 0 radical (unpaired) electrons. The maximum atomic E-state index is 12.7. The first kappa shape index (κ1) is 22.1. The molecule has 0 heterocycles. The number of anilines is 2. The summed E-state index contributed by atoms with van der Waals surface area (Å²) in [7, 11) is 0. The molecule has 0 saturated heterocycles. The van der Waals surface area contributed by atoms with E-state index in [1.807, 2.05) is 11.0 Å². The minimum absolute atomic E-state index is 0.00440. The zero-order valence-electron chi connectivity index (χ0n) is 16.1. The van der Waals surface area contributed by atoms with Crippen LogP contribution in [0, 0.1) is 0 Å². The number of hydrogen-bond acceptors (Lipinski definition) is 3. The first-order chi connectivity index (χ1) is 13.4. The highest BCUT2D eigenvalue weighted by Crippen LogP contribution is 2.25. The average Bonchev–Trinajstić information content (AvgIpc) is 2.68. The van der Waals surface area contributed by atoms with Crippen molar-refractivity contribution >= 4 is 46.4 Å². The van der Waals surface area contributed by atoms with Gasteiger partial charge < -0.3 is 15.5 Å². The number of nitrogens with one attached hydrogen (secondary N) is 2. The normalized spacial score (nSPS) is 10.4. The fourth-order valence-corrected chi connectivity index (χ4v) is 3.22. The molecule has 5 nitrogen and oxygen atoms in total. The van der Waals surface area contributed by atoms with Gasteiger partial charge in [-0.1, -0.05) is 43.1 Å². The molecule has 0 aliphatic rings. The van der Waals surface area contributed by atoms with E-state index in [4.69, 9.17) is 23.2 Å². The average molecular weight is 422 g/mol. The molecule has 0 fully saturated rings. The van der Waals surface area contributed by atoms with Gasteiger partial charge in [0.25, 0.3) is 5.91 Å². The zero-order chi connectivity index (χ0) is 20.5. The van der Waals surface area contributed by atoms with Crippen molar-refractivity contribution in [2.75, 3.05) is 30.3 Å². The molecule has 2 rings (SSSR count). The summed E-state index contributed by atoms with van der Waals surface area (Å²) in [4.78, 5) is 26.8. The zero-order valence-corrected chi connectivity index (χ0v) is 17.6. The summed E-state index contributed by atoms with van der Waals surface area (Å²) in [5, 5.41) is 6.65. The molecule has 2 aromatic carbocycles. The molecule has 150 valence electrons. The maximum Gasteiger partial charge on any atom is 0.253 e. The molecule has 2 N–H and O–H groups in total. The van der Waals surface area contributed by atoms with E-state index in [0.717, 1.165) is 25.9 Å². The fourth-order valence-electron chi connectivity index (χ4n) is 2.77. The number of amides is 2. The van der Waals surface area contributed by atoms with Gasteiger partial charge in [-0.3, -0.25) is 9.59 Å². The van der Waals surface area contributed by atoms with Crippen LogP contribution in [0.3, 0.4) is 0 Å². The number of carbonyl (C=O) groups is 2. The predicted molar refractivity (Wildman–Crippen MR) is 117 cm³/mol. The molecule has 0 aliphatic heterocycles. The second-order valence-electron chi connectivity index (χ2n) is 6.40. The van der Waals surface area contributed by atoms with Gasteiger partial charge in [-0.15, -0.1) is 0 Å². The Morgan fingerprint density at radius 3 is 2.36 bits per heavy atom. The van der Waals surface area contributed by atoms with Crippen molar-refractivity contribution in [1.29, 1.82) is 0 Å². The van der Waals surface area contributed by atoms with Crippen molar-refractivity contribution in [2.45, 2.75) is 26.7 Å². The summed E-state index contributed by atoms with van der Waals surface area (Å²) in [6, 6.07) is 12.1. The van der Waals surface area contributed by atoms with Gasteiger partial charge in [0.15, 0.2) is 0 Å². The lowest BCUT2D eigenvalue weighted by Crippen LogP contribution is -2.32. The lowest BCUT2D eigenvalue weighted by Gasteiger charge is -2.21. The number of rotatable bonds is 9. The van der Waals surface area contributed by atoms with E-state index < -0.39 is 0 Å². The highest BCUT2D eigenvalue weighted by molar-refractivity contribution is 6.36. The van der Waals surface area contributed by atoms with Crippen molar-refractivity contribution < 1.29 is 9.59 Å². The summed E-state index contributed by atoms with van der Waals surface area (Å²) in [6.07, 6.45) is 1.83. The molecule has 0 atom stereocenters. The van der Waals surface area contributed by atoms with E-state index in [0.29, 0.717) is 27.0 Å². The molecule has 2 aromatic rings. The quantitative estimate of drug-likeness (QED) is 0.576. The minimum Gasteiger partial charge on any atom is -0.376 e. The van der Waals surface area contributed by atoms with Crippen LogP contribution in [0.25, 0.3) is 0 Å². The Morgan fingerprint density at radius 2 is 1.71 bits per heavy atom. The molecule has 28 heavy (non-hydrogen) atoms. The standard InChI is InChI=1S/C21H25Cl2N3O2/c1-3-10-26(11-4-2)21(28)15-6-5-7-17(12-15)24-14-20(27)25-19-9-8-16(22)13-18(19)23/h5-9,12-13,24H,3-4,10-11,14H2,1-2H3,(H,25,27). The Balaban J connectivity index is 1.98. The van der Waals surface area contributed by atoms with Gasteiger partial charge in [-0.05, 0) is 49.2 Å². The smallest absolute Gasteiger partial charge is 0.253 e. The predicted octanol–water partition coefficient (Wildman–Crippen LogP) is 5.31. The summed E-state index contributed by atoms with van der Waals surface area (Å²) < 4.78 is 0. The summed E-state index contributed by atoms with van der Waals surface area (Å²) >= 11 is 11.9. The van der Waals surface area contributed by atoms with Gasteiger partial charge in [-0.2, -0.15) is 0 Å². The van der Waals surface area contributed by atoms with Gasteiger partial charge >= 0.3 is 0 Å². The van der Waals surface area contributed by atoms with Crippen LogP contribution in [0.5, 0.6) is 0 Å². The fraction of sp³-hybridized carbons (Fsp3) is 0.333. The third kappa shape index (κ3) is 6.43. The Hall–Kier alpha value is -2.24. The number of halogens is 2. The molecule has 2 amide bonds. The van der Waals surface area contributed by atoms with Crippen LogP contribution in [0.15, 0.2) is 42.5 Å². The van der Waals surface area contributed by atoms with Crippen LogP contribution in [0.2, 0.25) is 10.0 Å². The molecular weight excluding hydrogens is 397 g/mol. The van der Waals surface area contributed by atoms with Crippen LogP contribution >= 0.6 is 23.2 Å². The van der Waals surface area contributed by atoms with E-state index in [1.54, 1.807) is 36.4 Å². The third-order valence-electron chi connectivity index (χ3n) is 4.04. The number of nitrogens with zero attached hydrogens (tertiary/aromatic N) is 1. The van der Waals surface area contributed by atoms with Gasteiger partial charge in [0.2, 0.25) is 5.91 Å². The topological polar surface area (TPSA) is 61.4 Å². The summed E-state index contributed by atoms with van der Waals surface area (Å²) in [5.41, 5.74) is 1.81. The first-order valence-corrected chi connectivity index (χ1v) is 10.1. The van der Waals surface area contributed by atoms with E-state index in [2.05, 4.69) is 24.5 Å². The van der Waals surface area contributed by atoms with Gasteiger partial charge in [0.1, 0.15) is 0 Å². The second-order valence-corrected chi connectivity index (χ2v) is 7.24. The highest BCUT2D eigenvalue weighted by Gasteiger charge is 2.14. The second kappa shape index (κ2) is 10.9. The van der Waals surface area contributed by atoms with Crippen LogP contribution in [-0.2, 0) is 4.79 Å². The number of benzene rings is 2. The molecule has 0 aliphatic carbocycles. The van der Waals surface area contributed by atoms with E-state index >= 15 is 0 Å². The maximum absolute atomic E-state index is 12.7. The molecule has 0 unspecified atom stereocenters. The van der Waals surface area contributed by atoms with Gasteiger partial charge in [-0.25, -0.2) is 0 Å². The van der Waals surface area contributed by atoms with Crippen molar-refractivity contribution in [3.63, 3.8) is 0 Å². The molecule has 0 aromatic heterocycles. The monoisotopic (exact) mass is 421 g/mol. The van der Waals surface area contributed by atoms with Crippen molar-refractivity contribution in [3.8, 4) is 0 Å². The van der Waals surface area contributed by atoms with Crippen molar-refractivity contribution in [2.24, 2.45) is 0 Å². The Kier molecular flexibility index (Phi) is 8.61. The number of carbonyl (C=O) groups excluding carboxylic acids is 2. The van der Waals surface area contributed by atoms with Gasteiger partial charge in [0.05, 0.1) is 17.3 Å². The van der Waals surface area contributed by atoms with E-state index in [1.165, 1.54) is 0 Å². The first-order valence-electron chi connectivity index (χ1n) is 9.32. The van der Waals surface area contributed by atoms with Gasteiger partial charge in [0, 0.05) is 29.4 Å². The van der Waals surface area contributed by atoms with Crippen LogP contribution in [0.1, 0.15) is 37.0 Å². The van der Waals surface area contributed by atoms with Crippen molar-refractivity contribution in [1.82, 2.24) is 4.90 Å². The number of hydrogen-bond donors (Lipinski definition) is 2. The van der Waals surface area contributed by atoms with Crippen LogP contribution in [-0.4, -0.2) is 36.3 Å². The third-order valence-corrected chi connectivity index (χ3v) is 4.59. The largest absolute Gasteiger partial charge is 0.376 e. The Labute approximate surface area is 176 Å². The van der Waals surface area contributed by atoms with Crippen LogP contribution in [0.4, 0.5) is 11.4 Å². The summed E-state index contributed by atoms with van der Waals surface area (Å²) in [6.45, 7) is 5.62. The Bertz CT molecular complexity index is 821.